The Morgan fingerprint density at radius 2 is 2.20 bits per heavy atom. The van der Waals surface area contributed by atoms with E-state index in [1.165, 1.54) is 6.08 Å². The molecule has 1 saturated heterocycles. The van der Waals surface area contributed by atoms with Gasteiger partial charge in [-0.1, -0.05) is 24.3 Å². The second-order valence-corrected chi connectivity index (χ2v) is 5.66. The Morgan fingerprint density at radius 3 is 2.90 bits per heavy atom. The van der Waals surface area contributed by atoms with Gasteiger partial charge in [-0.15, -0.1) is 0 Å². The fourth-order valence-corrected chi connectivity index (χ4v) is 2.39. The van der Waals surface area contributed by atoms with Gasteiger partial charge in [-0.05, 0) is 31.1 Å². The maximum atomic E-state index is 10.7. The summed E-state index contributed by atoms with van der Waals surface area (Å²) in [6.45, 7) is 7.50. The maximum absolute atomic E-state index is 10.7. The average Bonchev–Trinajstić information content (AvgIpc) is 2.40. The molecule has 0 saturated carbocycles. The van der Waals surface area contributed by atoms with Crippen LogP contribution in [0.1, 0.15) is 25.0 Å². The zero-order valence-corrected chi connectivity index (χ0v) is 12.0. The van der Waals surface area contributed by atoms with Crippen molar-refractivity contribution >= 4 is 12.0 Å². The van der Waals surface area contributed by atoms with Crippen LogP contribution in [0, 0.1) is 0 Å². The van der Waals surface area contributed by atoms with Gasteiger partial charge in [0.15, 0.2) is 0 Å². The minimum atomic E-state index is -0.925. The number of rotatable bonds is 4. The molecule has 0 bridgehead atoms. The minimum absolute atomic E-state index is 0.00186. The number of carboxylic acid groups (broad SMARTS) is 1. The standard InChI is InChI=1S/C16H21NO3/c1-16(2)12-20-10-9-17(16)11-14-6-4-3-5-13(14)7-8-15(18)19/h3-8H,9-12H2,1-2H3,(H,18,19). The smallest absolute Gasteiger partial charge is 0.328 e. The SMILES string of the molecule is CC1(C)COCCN1Cc1ccccc1C=CC(=O)O. The monoisotopic (exact) mass is 275 g/mol. The molecule has 2 rings (SSSR count). The lowest BCUT2D eigenvalue weighted by Crippen LogP contribution is -2.52. The number of carbonyl (C=O) groups is 1. The van der Waals surface area contributed by atoms with Crippen molar-refractivity contribution in [3.63, 3.8) is 0 Å². The van der Waals surface area contributed by atoms with Gasteiger partial charge in [0.25, 0.3) is 0 Å². The Labute approximate surface area is 119 Å². The number of carboxylic acids is 1. The van der Waals surface area contributed by atoms with Crippen LogP contribution in [-0.2, 0) is 16.1 Å². The van der Waals surface area contributed by atoms with Crippen molar-refractivity contribution in [1.82, 2.24) is 4.90 Å². The van der Waals surface area contributed by atoms with Gasteiger partial charge in [0.2, 0.25) is 0 Å². The van der Waals surface area contributed by atoms with Gasteiger partial charge in [0, 0.05) is 24.7 Å². The fraction of sp³-hybridized carbons (Fsp3) is 0.438. The molecule has 1 heterocycles. The Kier molecular flexibility index (Phi) is 4.57. The molecule has 1 aromatic carbocycles. The summed E-state index contributed by atoms with van der Waals surface area (Å²) in [7, 11) is 0. The minimum Gasteiger partial charge on any atom is -0.478 e. The molecule has 0 radical (unpaired) electrons. The van der Waals surface area contributed by atoms with E-state index in [4.69, 9.17) is 9.84 Å². The van der Waals surface area contributed by atoms with E-state index < -0.39 is 5.97 Å². The highest BCUT2D eigenvalue weighted by atomic mass is 16.5. The van der Waals surface area contributed by atoms with Crippen molar-refractivity contribution in [3.05, 3.63) is 41.5 Å². The Morgan fingerprint density at radius 1 is 1.45 bits per heavy atom. The van der Waals surface area contributed by atoms with E-state index in [-0.39, 0.29) is 5.54 Å². The molecule has 4 nitrogen and oxygen atoms in total. The van der Waals surface area contributed by atoms with Crippen LogP contribution in [0.2, 0.25) is 0 Å². The van der Waals surface area contributed by atoms with E-state index in [0.717, 1.165) is 37.4 Å². The number of morpholine rings is 1. The lowest BCUT2D eigenvalue weighted by Gasteiger charge is -2.42. The molecule has 0 spiro atoms. The van der Waals surface area contributed by atoms with Crippen LogP contribution >= 0.6 is 0 Å². The third-order valence-corrected chi connectivity index (χ3v) is 3.64. The van der Waals surface area contributed by atoms with E-state index >= 15 is 0 Å². The number of aliphatic carboxylic acids is 1. The first-order valence-electron chi connectivity index (χ1n) is 6.81. The second-order valence-electron chi connectivity index (χ2n) is 5.66. The molecular formula is C16H21NO3. The molecule has 1 aliphatic heterocycles. The van der Waals surface area contributed by atoms with Crippen LogP contribution in [0.4, 0.5) is 0 Å². The second kappa shape index (κ2) is 6.20. The van der Waals surface area contributed by atoms with Gasteiger partial charge in [0.05, 0.1) is 13.2 Å². The van der Waals surface area contributed by atoms with Gasteiger partial charge in [-0.2, -0.15) is 0 Å². The third kappa shape index (κ3) is 3.68. The van der Waals surface area contributed by atoms with Gasteiger partial charge < -0.3 is 9.84 Å². The zero-order chi connectivity index (χ0) is 14.6. The highest BCUT2D eigenvalue weighted by Gasteiger charge is 2.30. The first-order valence-corrected chi connectivity index (χ1v) is 6.81. The maximum Gasteiger partial charge on any atom is 0.328 e. The molecule has 1 aromatic rings. The summed E-state index contributed by atoms with van der Waals surface area (Å²) in [4.78, 5) is 13.0. The summed E-state index contributed by atoms with van der Waals surface area (Å²) in [5.41, 5.74) is 2.10. The molecule has 1 N–H and O–H groups in total. The van der Waals surface area contributed by atoms with Crippen molar-refractivity contribution in [2.24, 2.45) is 0 Å². The quantitative estimate of drug-likeness (QED) is 0.857. The number of hydrogen-bond acceptors (Lipinski definition) is 3. The third-order valence-electron chi connectivity index (χ3n) is 3.64. The van der Waals surface area contributed by atoms with E-state index in [9.17, 15) is 4.79 Å². The molecule has 0 aromatic heterocycles. The van der Waals surface area contributed by atoms with Gasteiger partial charge in [-0.3, -0.25) is 4.90 Å². The van der Waals surface area contributed by atoms with Gasteiger partial charge in [-0.25, -0.2) is 4.79 Å². The van der Waals surface area contributed by atoms with Crippen LogP contribution < -0.4 is 0 Å². The van der Waals surface area contributed by atoms with Crippen LogP contribution in [0.5, 0.6) is 0 Å². The number of benzene rings is 1. The van der Waals surface area contributed by atoms with Gasteiger partial charge in [0.1, 0.15) is 0 Å². The summed E-state index contributed by atoms with van der Waals surface area (Å²) in [6, 6.07) is 7.91. The van der Waals surface area contributed by atoms with E-state index in [1.54, 1.807) is 6.08 Å². The highest BCUT2D eigenvalue weighted by Crippen LogP contribution is 2.23. The molecule has 0 amide bonds. The Hall–Kier alpha value is -1.65. The Balaban J connectivity index is 2.18. The van der Waals surface area contributed by atoms with Crippen LogP contribution in [0.15, 0.2) is 30.3 Å². The first-order chi connectivity index (χ1) is 9.49. The normalized spacial score (nSPS) is 19.3. The van der Waals surface area contributed by atoms with Gasteiger partial charge >= 0.3 is 5.97 Å². The van der Waals surface area contributed by atoms with Crippen LogP contribution in [0.3, 0.4) is 0 Å². The van der Waals surface area contributed by atoms with Crippen molar-refractivity contribution in [2.75, 3.05) is 19.8 Å². The molecule has 1 aliphatic rings. The number of nitrogens with zero attached hydrogens (tertiary/aromatic N) is 1. The Bertz CT molecular complexity index is 508. The summed E-state index contributed by atoms with van der Waals surface area (Å²) in [5.74, 6) is -0.925. The predicted molar refractivity (Wildman–Crippen MR) is 78.4 cm³/mol. The molecular weight excluding hydrogens is 254 g/mol. The molecule has 4 heteroatoms. The fourth-order valence-electron chi connectivity index (χ4n) is 2.39. The number of ether oxygens (including phenoxy) is 1. The molecule has 0 aliphatic carbocycles. The summed E-state index contributed by atoms with van der Waals surface area (Å²) >= 11 is 0. The van der Waals surface area contributed by atoms with Crippen molar-refractivity contribution in [3.8, 4) is 0 Å². The highest BCUT2D eigenvalue weighted by molar-refractivity contribution is 5.85. The predicted octanol–water partition coefficient (Wildman–Crippen LogP) is 2.40. The molecule has 0 atom stereocenters. The number of hydrogen-bond donors (Lipinski definition) is 1. The topological polar surface area (TPSA) is 49.8 Å². The zero-order valence-electron chi connectivity index (χ0n) is 12.0. The summed E-state index contributed by atoms with van der Waals surface area (Å²) < 4.78 is 5.53. The first kappa shape index (κ1) is 14.8. The van der Waals surface area contributed by atoms with Crippen molar-refractivity contribution < 1.29 is 14.6 Å². The molecule has 108 valence electrons. The van der Waals surface area contributed by atoms with E-state index in [0.29, 0.717) is 0 Å². The van der Waals surface area contributed by atoms with E-state index in [1.807, 2.05) is 24.3 Å². The molecule has 0 unspecified atom stereocenters. The molecule has 20 heavy (non-hydrogen) atoms. The average molecular weight is 275 g/mol. The van der Waals surface area contributed by atoms with Crippen molar-refractivity contribution in [2.45, 2.75) is 25.9 Å². The van der Waals surface area contributed by atoms with Crippen LogP contribution in [-0.4, -0.2) is 41.3 Å². The van der Waals surface area contributed by atoms with E-state index in [2.05, 4.69) is 18.7 Å². The summed E-state index contributed by atoms with van der Waals surface area (Å²) in [5, 5.41) is 8.76. The summed E-state index contributed by atoms with van der Waals surface area (Å²) in [6.07, 6.45) is 2.84. The molecule has 1 fully saturated rings. The largest absolute Gasteiger partial charge is 0.478 e. The lowest BCUT2D eigenvalue weighted by molar-refractivity contribution is -0.131. The lowest BCUT2D eigenvalue weighted by atomic mass is 9.99. The van der Waals surface area contributed by atoms with Crippen LogP contribution in [0.25, 0.3) is 6.08 Å². The van der Waals surface area contributed by atoms with Crippen molar-refractivity contribution in [1.29, 1.82) is 0 Å².